The van der Waals surface area contributed by atoms with E-state index in [0.717, 1.165) is 23.7 Å². The predicted molar refractivity (Wildman–Crippen MR) is 77.5 cm³/mol. The molecular formula is C13H23F2N3S. The summed E-state index contributed by atoms with van der Waals surface area (Å²) in [6, 6.07) is 0. The maximum atomic E-state index is 12.4. The number of anilines is 1. The van der Waals surface area contributed by atoms with E-state index < -0.39 is 6.43 Å². The van der Waals surface area contributed by atoms with E-state index >= 15 is 0 Å². The van der Waals surface area contributed by atoms with Crippen molar-refractivity contribution in [3.05, 3.63) is 10.6 Å². The van der Waals surface area contributed by atoms with Crippen LogP contribution in [0.5, 0.6) is 0 Å². The number of alkyl halides is 2. The molecule has 1 rings (SSSR count). The van der Waals surface area contributed by atoms with Crippen LogP contribution in [0.1, 0.15) is 38.3 Å². The van der Waals surface area contributed by atoms with Crippen LogP contribution < -0.4 is 10.2 Å². The Labute approximate surface area is 118 Å². The molecule has 0 fully saturated rings. The molecule has 0 aliphatic heterocycles. The Morgan fingerprint density at radius 2 is 2.00 bits per heavy atom. The van der Waals surface area contributed by atoms with Crippen LogP contribution in [0.25, 0.3) is 0 Å². The fourth-order valence-corrected chi connectivity index (χ4v) is 2.94. The first-order valence-electron chi connectivity index (χ1n) is 6.45. The molecule has 0 amide bonds. The standard InChI is InChI=1S/C13H23F2N3S/c1-6-16-7-9-11(13(2,3)4)17-12(19-9)18(5)8-10(14)15/h10,16H,6-8H2,1-5H3. The highest BCUT2D eigenvalue weighted by molar-refractivity contribution is 7.15. The number of nitrogens with zero attached hydrogens (tertiary/aromatic N) is 2. The van der Waals surface area contributed by atoms with E-state index in [1.807, 2.05) is 6.92 Å². The normalized spacial score (nSPS) is 12.2. The Morgan fingerprint density at radius 3 is 2.47 bits per heavy atom. The van der Waals surface area contributed by atoms with Gasteiger partial charge >= 0.3 is 0 Å². The predicted octanol–water partition coefficient (Wildman–Crippen LogP) is 3.25. The highest BCUT2D eigenvalue weighted by Gasteiger charge is 2.24. The Morgan fingerprint density at radius 1 is 1.37 bits per heavy atom. The summed E-state index contributed by atoms with van der Waals surface area (Å²) in [4.78, 5) is 7.22. The van der Waals surface area contributed by atoms with Crippen LogP contribution in [-0.2, 0) is 12.0 Å². The molecule has 0 aliphatic carbocycles. The summed E-state index contributed by atoms with van der Waals surface area (Å²) in [5, 5.41) is 3.94. The summed E-state index contributed by atoms with van der Waals surface area (Å²) in [6.07, 6.45) is -2.34. The van der Waals surface area contributed by atoms with Gasteiger partial charge in [-0.1, -0.05) is 27.7 Å². The van der Waals surface area contributed by atoms with Crippen molar-refractivity contribution < 1.29 is 8.78 Å². The topological polar surface area (TPSA) is 28.2 Å². The minimum atomic E-state index is -2.34. The molecule has 1 aromatic rings. The summed E-state index contributed by atoms with van der Waals surface area (Å²) in [5.41, 5.74) is 0.917. The van der Waals surface area contributed by atoms with Crippen LogP contribution in [0.3, 0.4) is 0 Å². The lowest BCUT2D eigenvalue weighted by Crippen LogP contribution is -2.24. The molecule has 0 aromatic carbocycles. The van der Waals surface area contributed by atoms with Gasteiger partial charge in [0.05, 0.1) is 12.2 Å². The van der Waals surface area contributed by atoms with Crippen LogP contribution in [0, 0.1) is 0 Å². The fourth-order valence-electron chi connectivity index (χ4n) is 1.73. The quantitative estimate of drug-likeness (QED) is 0.872. The van der Waals surface area contributed by atoms with E-state index in [4.69, 9.17) is 0 Å². The Kier molecular flexibility index (Phi) is 5.67. The third-order valence-corrected chi connectivity index (χ3v) is 3.84. The minimum Gasteiger partial charge on any atom is -0.345 e. The zero-order valence-corrected chi connectivity index (χ0v) is 13.1. The lowest BCUT2D eigenvalue weighted by molar-refractivity contribution is 0.156. The molecule has 110 valence electrons. The van der Waals surface area contributed by atoms with E-state index in [1.54, 1.807) is 7.05 Å². The average molecular weight is 291 g/mol. The van der Waals surface area contributed by atoms with Gasteiger partial charge in [0.1, 0.15) is 0 Å². The molecule has 1 heterocycles. The van der Waals surface area contributed by atoms with Crippen molar-refractivity contribution >= 4 is 16.5 Å². The van der Waals surface area contributed by atoms with Crippen molar-refractivity contribution in [2.24, 2.45) is 0 Å². The monoisotopic (exact) mass is 291 g/mol. The number of aromatic nitrogens is 1. The first-order chi connectivity index (χ1) is 8.75. The van der Waals surface area contributed by atoms with Crippen molar-refractivity contribution in [3.8, 4) is 0 Å². The van der Waals surface area contributed by atoms with Crippen molar-refractivity contribution in [2.45, 2.75) is 46.1 Å². The Bertz CT molecular complexity index is 399. The molecule has 0 spiro atoms. The van der Waals surface area contributed by atoms with Gasteiger partial charge in [0.2, 0.25) is 0 Å². The second-order valence-corrected chi connectivity index (χ2v) is 6.63. The molecule has 6 heteroatoms. The number of nitrogens with one attached hydrogen (secondary N) is 1. The van der Waals surface area contributed by atoms with Crippen LogP contribution in [0.15, 0.2) is 0 Å². The third kappa shape index (κ3) is 4.69. The van der Waals surface area contributed by atoms with E-state index in [2.05, 4.69) is 31.1 Å². The zero-order chi connectivity index (χ0) is 14.6. The summed E-state index contributed by atoms with van der Waals surface area (Å²) >= 11 is 1.50. The van der Waals surface area contributed by atoms with Crippen molar-refractivity contribution in [3.63, 3.8) is 0 Å². The fraction of sp³-hybridized carbons (Fsp3) is 0.769. The summed E-state index contributed by atoms with van der Waals surface area (Å²) < 4.78 is 24.9. The number of hydrogen-bond donors (Lipinski definition) is 1. The molecule has 19 heavy (non-hydrogen) atoms. The highest BCUT2D eigenvalue weighted by Crippen LogP contribution is 2.33. The second kappa shape index (κ2) is 6.61. The molecule has 1 N–H and O–H groups in total. The van der Waals surface area contributed by atoms with Crippen molar-refractivity contribution in [1.29, 1.82) is 0 Å². The van der Waals surface area contributed by atoms with Crippen LogP contribution in [0.4, 0.5) is 13.9 Å². The number of hydrogen-bond acceptors (Lipinski definition) is 4. The molecule has 1 aromatic heterocycles. The summed E-state index contributed by atoms with van der Waals surface area (Å²) in [5.74, 6) is 0. The molecule has 0 bridgehead atoms. The summed E-state index contributed by atoms with van der Waals surface area (Å²) in [7, 11) is 1.66. The van der Waals surface area contributed by atoms with Crippen molar-refractivity contribution in [1.82, 2.24) is 10.3 Å². The van der Waals surface area contributed by atoms with Crippen LogP contribution in [-0.4, -0.2) is 31.5 Å². The van der Waals surface area contributed by atoms with E-state index in [1.165, 1.54) is 16.2 Å². The van der Waals surface area contributed by atoms with Gasteiger partial charge in [0.15, 0.2) is 5.13 Å². The molecule has 0 radical (unpaired) electrons. The maximum Gasteiger partial charge on any atom is 0.255 e. The molecule has 0 saturated heterocycles. The van der Waals surface area contributed by atoms with Gasteiger partial charge in [-0.3, -0.25) is 0 Å². The van der Waals surface area contributed by atoms with E-state index in [-0.39, 0.29) is 12.0 Å². The zero-order valence-electron chi connectivity index (χ0n) is 12.3. The van der Waals surface area contributed by atoms with Gasteiger partial charge in [-0.2, -0.15) is 0 Å². The number of halogens is 2. The van der Waals surface area contributed by atoms with Gasteiger partial charge in [0.25, 0.3) is 6.43 Å². The Balaban J connectivity index is 2.99. The van der Waals surface area contributed by atoms with Crippen LogP contribution in [0.2, 0.25) is 0 Å². The van der Waals surface area contributed by atoms with Gasteiger partial charge in [-0.05, 0) is 6.54 Å². The van der Waals surface area contributed by atoms with E-state index in [0.29, 0.717) is 5.13 Å². The van der Waals surface area contributed by atoms with Gasteiger partial charge in [-0.25, -0.2) is 13.8 Å². The van der Waals surface area contributed by atoms with Crippen molar-refractivity contribution in [2.75, 3.05) is 25.0 Å². The SMILES string of the molecule is CCNCc1sc(N(C)CC(F)F)nc1C(C)(C)C. The number of thiazole rings is 1. The molecule has 0 atom stereocenters. The second-order valence-electron chi connectivity index (χ2n) is 5.57. The molecule has 3 nitrogen and oxygen atoms in total. The van der Waals surface area contributed by atoms with Gasteiger partial charge in [0, 0.05) is 23.9 Å². The van der Waals surface area contributed by atoms with E-state index in [9.17, 15) is 8.78 Å². The molecule has 0 saturated carbocycles. The largest absolute Gasteiger partial charge is 0.345 e. The van der Waals surface area contributed by atoms with Gasteiger partial charge in [-0.15, -0.1) is 11.3 Å². The number of rotatable bonds is 6. The smallest absolute Gasteiger partial charge is 0.255 e. The van der Waals surface area contributed by atoms with Crippen LogP contribution >= 0.6 is 11.3 Å². The maximum absolute atomic E-state index is 12.4. The average Bonchev–Trinajstić information content (AvgIpc) is 2.69. The first kappa shape index (κ1) is 16.3. The molecule has 0 aliphatic rings. The third-order valence-electron chi connectivity index (χ3n) is 2.67. The first-order valence-corrected chi connectivity index (χ1v) is 7.27. The Hall–Kier alpha value is -0.750. The lowest BCUT2D eigenvalue weighted by atomic mass is 9.91. The highest BCUT2D eigenvalue weighted by atomic mass is 32.1. The van der Waals surface area contributed by atoms with Gasteiger partial charge < -0.3 is 10.2 Å². The molecule has 0 unspecified atom stereocenters. The summed E-state index contributed by atoms with van der Waals surface area (Å²) in [6.45, 7) is 9.66. The molecular weight excluding hydrogens is 268 g/mol. The minimum absolute atomic E-state index is 0.0782. The lowest BCUT2D eigenvalue weighted by Gasteiger charge is -2.18.